The zero-order chi connectivity index (χ0) is 15.4. The summed E-state index contributed by atoms with van der Waals surface area (Å²) in [5.74, 6) is 1.76. The molecule has 0 spiro atoms. The molecule has 0 aliphatic carbocycles. The second-order valence-corrected chi connectivity index (χ2v) is 5.40. The molecule has 0 radical (unpaired) electrons. The van der Waals surface area contributed by atoms with E-state index in [1.807, 2.05) is 36.4 Å². The van der Waals surface area contributed by atoms with E-state index in [-0.39, 0.29) is 6.04 Å². The van der Waals surface area contributed by atoms with E-state index in [2.05, 4.69) is 15.9 Å². The lowest BCUT2D eigenvalue weighted by Crippen LogP contribution is -2.12. The van der Waals surface area contributed by atoms with Crippen molar-refractivity contribution >= 4 is 15.9 Å². The molecule has 0 aliphatic heterocycles. The van der Waals surface area contributed by atoms with Crippen molar-refractivity contribution < 1.29 is 14.2 Å². The van der Waals surface area contributed by atoms with Gasteiger partial charge in [0, 0.05) is 4.47 Å². The number of methoxy groups -OCH3 is 3. The summed E-state index contributed by atoms with van der Waals surface area (Å²) >= 11 is 3.42. The van der Waals surface area contributed by atoms with Crippen LogP contribution in [0.1, 0.15) is 17.2 Å². The number of hydrogen-bond acceptors (Lipinski definition) is 4. The molecule has 2 aromatic carbocycles. The van der Waals surface area contributed by atoms with Gasteiger partial charge in [-0.25, -0.2) is 0 Å². The van der Waals surface area contributed by atoms with Crippen molar-refractivity contribution in [3.8, 4) is 17.2 Å². The fraction of sp³-hybridized carbons (Fsp3) is 0.250. The van der Waals surface area contributed by atoms with Gasteiger partial charge < -0.3 is 19.9 Å². The normalized spacial score (nSPS) is 11.9. The third kappa shape index (κ3) is 3.31. The Bertz CT molecular complexity index is 588. The van der Waals surface area contributed by atoms with Crippen molar-refractivity contribution in [3.63, 3.8) is 0 Å². The van der Waals surface area contributed by atoms with E-state index < -0.39 is 0 Å². The van der Waals surface area contributed by atoms with Crippen LogP contribution < -0.4 is 19.9 Å². The molecule has 2 aromatic rings. The summed E-state index contributed by atoms with van der Waals surface area (Å²) in [5.41, 5.74) is 8.24. The Morgan fingerprint density at radius 1 is 0.857 bits per heavy atom. The van der Waals surface area contributed by atoms with Gasteiger partial charge in [-0.05, 0) is 35.4 Å². The molecular formula is C16H18BrNO3. The van der Waals surface area contributed by atoms with Crippen molar-refractivity contribution in [3.05, 3.63) is 52.0 Å². The molecule has 4 nitrogen and oxygen atoms in total. The van der Waals surface area contributed by atoms with Crippen LogP contribution in [0.25, 0.3) is 0 Å². The van der Waals surface area contributed by atoms with Gasteiger partial charge >= 0.3 is 0 Å². The SMILES string of the molecule is COc1cc(C(N)c2ccc(Br)cc2)cc(OC)c1OC. The summed E-state index contributed by atoms with van der Waals surface area (Å²) < 4.78 is 17.0. The molecule has 0 aliphatic rings. The maximum absolute atomic E-state index is 6.34. The van der Waals surface area contributed by atoms with E-state index in [9.17, 15) is 0 Å². The molecule has 0 heterocycles. The highest BCUT2D eigenvalue weighted by molar-refractivity contribution is 9.10. The van der Waals surface area contributed by atoms with Crippen LogP contribution in [0.15, 0.2) is 40.9 Å². The zero-order valence-electron chi connectivity index (χ0n) is 12.2. The minimum absolute atomic E-state index is 0.271. The van der Waals surface area contributed by atoms with Crippen molar-refractivity contribution in [2.24, 2.45) is 5.73 Å². The minimum Gasteiger partial charge on any atom is -0.493 e. The average Bonchev–Trinajstić information content (AvgIpc) is 2.53. The van der Waals surface area contributed by atoms with Crippen molar-refractivity contribution in [2.45, 2.75) is 6.04 Å². The Hall–Kier alpha value is -1.72. The molecule has 0 bridgehead atoms. The third-order valence-corrected chi connectivity index (χ3v) is 3.80. The lowest BCUT2D eigenvalue weighted by atomic mass is 9.99. The number of nitrogens with two attached hydrogens (primary N) is 1. The Morgan fingerprint density at radius 2 is 1.38 bits per heavy atom. The van der Waals surface area contributed by atoms with Gasteiger partial charge in [0.1, 0.15) is 0 Å². The molecule has 0 aromatic heterocycles. The van der Waals surface area contributed by atoms with Crippen LogP contribution in [0.3, 0.4) is 0 Å². The quantitative estimate of drug-likeness (QED) is 0.895. The van der Waals surface area contributed by atoms with Gasteiger partial charge in [-0.2, -0.15) is 0 Å². The summed E-state index contributed by atoms with van der Waals surface area (Å²) in [6, 6.07) is 11.4. The maximum Gasteiger partial charge on any atom is 0.203 e. The smallest absolute Gasteiger partial charge is 0.203 e. The first-order chi connectivity index (χ1) is 10.1. The van der Waals surface area contributed by atoms with Crippen molar-refractivity contribution in [2.75, 3.05) is 21.3 Å². The van der Waals surface area contributed by atoms with E-state index in [4.69, 9.17) is 19.9 Å². The van der Waals surface area contributed by atoms with E-state index >= 15 is 0 Å². The number of benzene rings is 2. The Balaban J connectivity index is 2.45. The molecule has 5 heteroatoms. The van der Waals surface area contributed by atoms with Crippen molar-refractivity contribution in [1.29, 1.82) is 0 Å². The number of hydrogen-bond donors (Lipinski definition) is 1. The fourth-order valence-electron chi connectivity index (χ4n) is 2.14. The van der Waals surface area contributed by atoms with E-state index in [1.165, 1.54) is 0 Å². The molecular weight excluding hydrogens is 334 g/mol. The number of halogens is 1. The summed E-state index contributed by atoms with van der Waals surface area (Å²) in [6.45, 7) is 0. The summed E-state index contributed by atoms with van der Waals surface area (Å²) in [5, 5.41) is 0. The summed E-state index contributed by atoms with van der Waals surface area (Å²) in [7, 11) is 4.76. The topological polar surface area (TPSA) is 53.7 Å². The number of ether oxygens (including phenoxy) is 3. The molecule has 2 N–H and O–H groups in total. The lowest BCUT2D eigenvalue weighted by molar-refractivity contribution is 0.323. The molecule has 1 unspecified atom stereocenters. The molecule has 2 rings (SSSR count). The summed E-state index contributed by atoms with van der Waals surface area (Å²) in [4.78, 5) is 0. The second-order valence-electron chi connectivity index (χ2n) is 4.49. The molecule has 0 saturated heterocycles. The van der Waals surface area contributed by atoms with Gasteiger partial charge in [0.25, 0.3) is 0 Å². The maximum atomic E-state index is 6.34. The predicted octanol–water partition coefficient (Wildman–Crippen LogP) is 3.52. The van der Waals surface area contributed by atoms with Gasteiger partial charge in [0.2, 0.25) is 5.75 Å². The van der Waals surface area contributed by atoms with Crippen LogP contribution >= 0.6 is 15.9 Å². The molecule has 112 valence electrons. The van der Waals surface area contributed by atoms with Gasteiger partial charge in [0.15, 0.2) is 11.5 Å². The van der Waals surface area contributed by atoms with Crippen LogP contribution in [-0.2, 0) is 0 Å². The monoisotopic (exact) mass is 351 g/mol. The highest BCUT2D eigenvalue weighted by Gasteiger charge is 2.17. The van der Waals surface area contributed by atoms with Gasteiger partial charge in [-0.1, -0.05) is 28.1 Å². The van der Waals surface area contributed by atoms with Crippen LogP contribution in [0.2, 0.25) is 0 Å². The first kappa shape index (κ1) is 15.7. The average molecular weight is 352 g/mol. The largest absolute Gasteiger partial charge is 0.493 e. The van der Waals surface area contributed by atoms with Crippen LogP contribution in [0, 0.1) is 0 Å². The highest BCUT2D eigenvalue weighted by Crippen LogP contribution is 2.40. The Kier molecular flexibility index (Phi) is 5.09. The fourth-order valence-corrected chi connectivity index (χ4v) is 2.41. The van der Waals surface area contributed by atoms with Gasteiger partial charge in [-0.15, -0.1) is 0 Å². The van der Waals surface area contributed by atoms with E-state index in [0.29, 0.717) is 17.2 Å². The Morgan fingerprint density at radius 3 is 1.81 bits per heavy atom. The highest BCUT2D eigenvalue weighted by atomic mass is 79.9. The van der Waals surface area contributed by atoms with E-state index in [1.54, 1.807) is 21.3 Å². The van der Waals surface area contributed by atoms with Crippen LogP contribution in [0.5, 0.6) is 17.2 Å². The summed E-state index contributed by atoms with van der Waals surface area (Å²) in [6.07, 6.45) is 0. The number of rotatable bonds is 5. The van der Waals surface area contributed by atoms with Crippen LogP contribution in [0.4, 0.5) is 0 Å². The van der Waals surface area contributed by atoms with Crippen molar-refractivity contribution in [1.82, 2.24) is 0 Å². The van der Waals surface area contributed by atoms with E-state index in [0.717, 1.165) is 15.6 Å². The first-order valence-electron chi connectivity index (χ1n) is 6.41. The lowest BCUT2D eigenvalue weighted by Gasteiger charge is -2.18. The Labute approximate surface area is 132 Å². The molecule has 21 heavy (non-hydrogen) atoms. The minimum atomic E-state index is -0.271. The molecule has 0 fully saturated rings. The third-order valence-electron chi connectivity index (χ3n) is 3.28. The molecule has 0 saturated carbocycles. The first-order valence-corrected chi connectivity index (χ1v) is 7.21. The van der Waals surface area contributed by atoms with Crippen LogP contribution in [-0.4, -0.2) is 21.3 Å². The zero-order valence-corrected chi connectivity index (χ0v) is 13.8. The van der Waals surface area contributed by atoms with Gasteiger partial charge in [-0.3, -0.25) is 0 Å². The predicted molar refractivity (Wildman–Crippen MR) is 86.3 cm³/mol. The molecule has 0 amide bonds. The standard InChI is InChI=1S/C16H18BrNO3/c1-19-13-8-11(9-14(20-2)16(13)21-3)15(18)10-4-6-12(17)7-5-10/h4-9,15H,18H2,1-3H3. The van der Waals surface area contributed by atoms with Gasteiger partial charge in [0.05, 0.1) is 27.4 Å². The molecule has 1 atom stereocenters. The second kappa shape index (κ2) is 6.83.